The highest BCUT2D eigenvalue weighted by molar-refractivity contribution is 9.10. The van der Waals surface area contributed by atoms with Crippen LogP contribution in [0.15, 0.2) is 4.47 Å². The molecule has 1 atom stereocenters. The minimum atomic E-state index is 0.207. The number of nitrogens with zero attached hydrogens (tertiary/aromatic N) is 2. The minimum absolute atomic E-state index is 0.207. The first-order valence-electron chi connectivity index (χ1n) is 7.02. The van der Waals surface area contributed by atoms with Gasteiger partial charge in [-0.05, 0) is 42.6 Å². The first kappa shape index (κ1) is 16.4. The predicted octanol–water partition coefficient (Wildman–Crippen LogP) is 2.73. The molecule has 1 rings (SSSR count). The Kier molecular flexibility index (Phi) is 6.72. The maximum absolute atomic E-state index is 12.0. The molecule has 1 aromatic rings. The van der Waals surface area contributed by atoms with E-state index in [1.807, 2.05) is 11.6 Å². The van der Waals surface area contributed by atoms with Crippen LogP contribution in [-0.2, 0) is 24.2 Å². The summed E-state index contributed by atoms with van der Waals surface area (Å²) in [6.07, 6.45) is 2.34. The zero-order valence-corrected chi connectivity index (χ0v) is 13.9. The van der Waals surface area contributed by atoms with Gasteiger partial charge in [0.05, 0.1) is 28.8 Å². The molecule has 0 aliphatic heterocycles. The van der Waals surface area contributed by atoms with Crippen LogP contribution in [0, 0.1) is 0 Å². The summed E-state index contributed by atoms with van der Waals surface area (Å²) in [5.41, 5.74) is 2.02. The van der Waals surface area contributed by atoms with Crippen LogP contribution >= 0.6 is 15.9 Å². The van der Waals surface area contributed by atoms with E-state index >= 15 is 0 Å². The maximum Gasteiger partial charge on any atom is 0.152 e. The van der Waals surface area contributed by atoms with Crippen LogP contribution < -0.4 is 5.32 Å². The van der Waals surface area contributed by atoms with Crippen molar-refractivity contribution in [3.05, 3.63) is 15.9 Å². The lowest BCUT2D eigenvalue weighted by molar-refractivity contribution is -0.117. The van der Waals surface area contributed by atoms with Gasteiger partial charge in [-0.15, -0.1) is 0 Å². The molecule has 0 saturated carbocycles. The molecule has 0 aliphatic rings. The van der Waals surface area contributed by atoms with Gasteiger partial charge in [0.2, 0.25) is 0 Å². The quantitative estimate of drug-likeness (QED) is 0.797. The van der Waals surface area contributed by atoms with Gasteiger partial charge in [-0.25, -0.2) is 0 Å². The standard InChI is InChI=1S/C14H24BrN3O/c1-5-10(4)16-9-11(19)8-13-14(15)12(6-2)17-18(13)7-3/h10,16H,5-9H2,1-4H3. The van der Waals surface area contributed by atoms with Crippen molar-refractivity contribution in [1.82, 2.24) is 15.1 Å². The molecule has 1 aromatic heterocycles. The van der Waals surface area contributed by atoms with Gasteiger partial charge >= 0.3 is 0 Å². The largest absolute Gasteiger partial charge is 0.307 e. The van der Waals surface area contributed by atoms with Crippen LogP contribution in [0.5, 0.6) is 0 Å². The number of ketones is 1. The van der Waals surface area contributed by atoms with E-state index in [4.69, 9.17) is 0 Å². The second-order valence-corrected chi connectivity index (χ2v) is 5.58. The van der Waals surface area contributed by atoms with Gasteiger partial charge in [0.25, 0.3) is 0 Å². The van der Waals surface area contributed by atoms with Crippen LogP contribution in [0.1, 0.15) is 45.5 Å². The summed E-state index contributed by atoms with van der Waals surface area (Å²) in [7, 11) is 0. The molecular weight excluding hydrogens is 306 g/mol. The number of nitrogens with one attached hydrogen (secondary N) is 1. The number of aromatic nitrogens is 2. The number of hydrogen-bond acceptors (Lipinski definition) is 3. The van der Waals surface area contributed by atoms with Crippen molar-refractivity contribution in [3.63, 3.8) is 0 Å². The van der Waals surface area contributed by atoms with Gasteiger partial charge < -0.3 is 5.32 Å². The van der Waals surface area contributed by atoms with Gasteiger partial charge in [0.1, 0.15) is 0 Å². The summed E-state index contributed by atoms with van der Waals surface area (Å²) >= 11 is 3.57. The maximum atomic E-state index is 12.0. The van der Waals surface area contributed by atoms with Gasteiger partial charge in [-0.1, -0.05) is 13.8 Å². The third-order valence-electron chi connectivity index (χ3n) is 3.32. The first-order chi connectivity index (χ1) is 9.03. The molecule has 0 fully saturated rings. The summed E-state index contributed by atoms with van der Waals surface area (Å²) in [4.78, 5) is 12.0. The van der Waals surface area contributed by atoms with E-state index in [0.29, 0.717) is 19.0 Å². The molecule has 0 bridgehead atoms. The van der Waals surface area contributed by atoms with Gasteiger partial charge in [0.15, 0.2) is 5.78 Å². The summed E-state index contributed by atoms with van der Waals surface area (Å²) in [6.45, 7) is 9.54. The Morgan fingerprint density at radius 2 is 2.11 bits per heavy atom. The van der Waals surface area contributed by atoms with E-state index in [0.717, 1.165) is 35.2 Å². The fourth-order valence-corrected chi connectivity index (χ4v) is 2.57. The van der Waals surface area contributed by atoms with Crippen molar-refractivity contribution >= 4 is 21.7 Å². The molecule has 1 N–H and O–H groups in total. The average molecular weight is 330 g/mol. The van der Waals surface area contributed by atoms with Crippen LogP contribution in [0.4, 0.5) is 0 Å². The predicted molar refractivity (Wildman–Crippen MR) is 81.4 cm³/mol. The summed E-state index contributed by atoms with van der Waals surface area (Å²) < 4.78 is 2.91. The number of carbonyl (C=O) groups excluding carboxylic acids is 1. The summed E-state index contributed by atoms with van der Waals surface area (Å²) in [5.74, 6) is 0.207. The summed E-state index contributed by atoms with van der Waals surface area (Å²) in [5, 5.41) is 7.74. The van der Waals surface area contributed by atoms with Gasteiger partial charge in [-0.2, -0.15) is 5.10 Å². The normalized spacial score (nSPS) is 12.7. The molecule has 0 amide bonds. The number of Topliss-reactive ketones (excluding diaryl/α,β-unsaturated/α-hetero) is 1. The molecule has 0 aliphatic carbocycles. The minimum Gasteiger partial charge on any atom is -0.307 e. The van der Waals surface area contributed by atoms with Gasteiger partial charge in [-0.3, -0.25) is 9.48 Å². The van der Waals surface area contributed by atoms with Crippen molar-refractivity contribution in [2.45, 2.75) is 59.5 Å². The number of hydrogen-bond donors (Lipinski definition) is 1. The highest BCUT2D eigenvalue weighted by Gasteiger charge is 2.16. The van der Waals surface area contributed by atoms with E-state index in [1.165, 1.54) is 0 Å². The van der Waals surface area contributed by atoms with E-state index in [-0.39, 0.29) is 5.78 Å². The molecule has 1 unspecified atom stereocenters. The van der Waals surface area contributed by atoms with E-state index in [9.17, 15) is 4.79 Å². The smallest absolute Gasteiger partial charge is 0.152 e. The molecule has 5 heteroatoms. The van der Waals surface area contributed by atoms with Crippen LogP contribution in [0.25, 0.3) is 0 Å². The van der Waals surface area contributed by atoms with E-state index in [2.05, 4.69) is 47.1 Å². The molecular formula is C14H24BrN3O. The third kappa shape index (κ3) is 4.42. The first-order valence-corrected chi connectivity index (χ1v) is 7.81. The number of aryl methyl sites for hydroxylation is 2. The molecule has 19 heavy (non-hydrogen) atoms. The second-order valence-electron chi connectivity index (χ2n) is 4.78. The Morgan fingerprint density at radius 1 is 1.42 bits per heavy atom. The topological polar surface area (TPSA) is 46.9 Å². The van der Waals surface area contributed by atoms with Crippen molar-refractivity contribution in [2.24, 2.45) is 0 Å². The lowest BCUT2D eigenvalue weighted by atomic mass is 10.2. The van der Waals surface area contributed by atoms with Crippen molar-refractivity contribution < 1.29 is 4.79 Å². The Bertz CT molecular complexity index is 429. The van der Waals surface area contributed by atoms with E-state index in [1.54, 1.807) is 0 Å². The number of rotatable bonds is 8. The van der Waals surface area contributed by atoms with Crippen molar-refractivity contribution in [2.75, 3.05) is 6.54 Å². The Labute approximate surface area is 124 Å². The molecule has 0 saturated heterocycles. The Hall–Kier alpha value is -0.680. The average Bonchev–Trinajstić information content (AvgIpc) is 2.72. The lowest BCUT2D eigenvalue weighted by Crippen LogP contribution is -2.32. The lowest BCUT2D eigenvalue weighted by Gasteiger charge is -2.10. The number of carbonyl (C=O) groups is 1. The van der Waals surface area contributed by atoms with Gasteiger partial charge in [0, 0.05) is 12.6 Å². The fraction of sp³-hybridized carbons (Fsp3) is 0.714. The molecule has 4 nitrogen and oxygen atoms in total. The Morgan fingerprint density at radius 3 is 2.63 bits per heavy atom. The molecule has 0 spiro atoms. The second kappa shape index (κ2) is 7.80. The highest BCUT2D eigenvalue weighted by Crippen LogP contribution is 2.22. The fourth-order valence-electron chi connectivity index (χ4n) is 1.87. The highest BCUT2D eigenvalue weighted by atomic mass is 79.9. The molecule has 108 valence electrons. The zero-order chi connectivity index (χ0) is 14.4. The molecule has 0 aromatic carbocycles. The van der Waals surface area contributed by atoms with E-state index < -0.39 is 0 Å². The third-order valence-corrected chi connectivity index (χ3v) is 4.23. The van der Waals surface area contributed by atoms with Crippen LogP contribution in [-0.4, -0.2) is 28.2 Å². The van der Waals surface area contributed by atoms with Crippen LogP contribution in [0.3, 0.4) is 0 Å². The monoisotopic (exact) mass is 329 g/mol. The number of halogens is 1. The Balaban J connectivity index is 2.70. The summed E-state index contributed by atoms with van der Waals surface area (Å²) in [6, 6.07) is 0.384. The van der Waals surface area contributed by atoms with Crippen molar-refractivity contribution in [3.8, 4) is 0 Å². The molecule has 1 heterocycles. The SMILES string of the molecule is CCc1nn(CC)c(CC(=O)CNC(C)CC)c1Br. The van der Waals surface area contributed by atoms with Crippen LogP contribution in [0.2, 0.25) is 0 Å². The zero-order valence-electron chi connectivity index (χ0n) is 12.3. The van der Waals surface area contributed by atoms with Crippen molar-refractivity contribution in [1.29, 1.82) is 0 Å². The molecule has 0 radical (unpaired) electrons.